The zero-order chi connectivity index (χ0) is 91.3. The summed E-state index contributed by atoms with van der Waals surface area (Å²) in [5.74, 6) is 1.86. The van der Waals surface area contributed by atoms with Crippen LogP contribution in [0.15, 0.2) is 206 Å². The van der Waals surface area contributed by atoms with Crippen LogP contribution in [0.5, 0.6) is 5.75 Å². The SMILES string of the molecule is COCC(c1cc(C(C)=O)c(C)c(C)c1C)c1cc(C(C)=O)c(C)c(C)c1C.COc1cc(C(c2cc(C)c(C)c(C)c2)c2cc(C)c(C)c(C)c2)ccc1C.Cc1ccc(C(CO)c2ccc(C)cc2C)c(C)c1.Cc1ccc(C(c2cc(C)c(C)c(C)c2)c2cc(C)c(C)c(C)c2)cc1C.Cc1ccc(C(c2ccc(C)cc2)c2ccc(C)cc2)cc1. The minimum atomic E-state index is -0.0419. The molecule has 0 saturated heterocycles. The topological polar surface area (TPSA) is 72.8 Å². The zero-order valence-corrected chi connectivity index (χ0v) is 81.0. The molecule has 0 fully saturated rings. The Morgan fingerprint density at radius 1 is 0.242 bits per heavy atom. The largest absolute Gasteiger partial charge is 0.496 e. The molecule has 0 aliphatic heterocycles. The number of aryl methyl sites for hydroxylation is 18. The van der Waals surface area contributed by atoms with Gasteiger partial charge in [0, 0.05) is 47.8 Å². The number of ether oxygens (including phenoxy) is 2. The lowest BCUT2D eigenvalue weighted by molar-refractivity contribution is 0.100. The Bertz CT molecular complexity index is 5550. The molecule has 0 aliphatic rings. The molecule has 13 rings (SSSR count). The van der Waals surface area contributed by atoms with Crippen molar-refractivity contribution in [1.29, 1.82) is 0 Å². The molecule has 0 unspecified atom stereocenters. The van der Waals surface area contributed by atoms with Crippen LogP contribution in [-0.2, 0) is 4.74 Å². The van der Waals surface area contributed by atoms with E-state index in [1.54, 1.807) is 28.1 Å². The third-order valence-corrected chi connectivity index (χ3v) is 27.1. The average molecular weight is 1650 g/mol. The lowest BCUT2D eigenvalue weighted by atomic mass is 9.79. The number of hydrogen-bond acceptors (Lipinski definition) is 5. The first kappa shape index (κ1) is 96.7. The van der Waals surface area contributed by atoms with E-state index in [0.29, 0.717) is 12.5 Å². The summed E-state index contributed by atoms with van der Waals surface area (Å²) in [5.41, 5.74) is 54.2. The van der Waals surface area contributed by atoms with E-state index in [2.05, 4.69) is 374 Å². The molecule has 0 aliphatic carbocycles. The molecular formula is C119H140O5. The summed E-state index contributed by atoms with van der Waals surface area (Å²) in [5, 5.41) is 9.82. The molecule has 124 heavy (non-hydrogen) atoms. The van der Waals surface area contributed by atoms with E-state index in [0.717, 1.165) is 55.8 Å². The molecule has 5 nitrogen and oxygen atoms in total. The van der Waals surface area contributed by atoms with Gasteiger partial charge in [-0.25, -0.2) is 0 Å². The Morgan fingerprint density at radius 2 is 0.516 bits per heavy atom. The first-order valence-electron chi connectivity index (χ1n) is 44.3. The van der Waals surface area contributed by atoms with E-state index >= 15 is 0 Å². The van der Waals surface area contributed by atoms with Gasteiger partial charge in [-0.3, -0.25) is 9.59 Å². The van der Waals surface area contributed by atoms with E-state index in [1.165, 1.54) is 189 Å². The fourth-order valence-corrected chi connectivity index (χ4v) is 17.8. The standard InChI is InChI=1S/C27H32O.C27H32.C25H32O3.C22H22.C18H22O/c1-16-9-10-23(15-26(16)28-8)27(24-11-17(2)21(6)18(3)12-24)25-13-19(4)22(7)20(5)14-25;1-16-9-10-24(11-17(16)2)27(25-12-18(3)22(7)19(4)13-25)26-14-20(5)23(8)21(6)15-26;1-13-15(3)21(19(7)26)10-23(17(13)5)25(12-28-9)24-11-22(20(8)27)16(4)14(2)18(24)6;1-16-4-10-19(11-5-16)22(20-12-6-17(2)7-13-20)21-14-8-18(3)9-15-21;1-12-5-7-16(14(3)9-12)18(11-19)17-8-6-13(2)10-15(17)4/h9-15,27H,1-8H3;9-15,27H,1-8H3;10-11,25H,12H2,1-9H3;4-15,22H,1-3H3;5-10,18-19H,11H2,1-4H3. The number of carbonyl (C=O) groups excluding carboxylic acids is 2. The number of carbonyl (C=O) groups is 2. The Morgan fingerprint density at radius 3 is 0.790 bits per heavy atom. The summed E-state index contributed by atoms with van der Waals surface area (Å²) in [6.45, 7) is 64.2. The molecule has 0 aromatic heterocycles. The number of hydrogen-bond donors (Lipinski definition) is 1. The monoisotopic (exact) mass is 1650 g/mol. The molecule has 5 heteroatoms. The van der Waals surface area contributed by atoms with Gasteiger partial charge < -0.3 is 14.6 Å². The number of rotatable bonds is 19. The second kappa shape index (κ2) is 42.5. The summed E-state index contributed by atoms with van der Waals surface area (Å²) in [6.07, 6.45) is 0. The maximum absolute atomic E-state index is 12.2. The van der Waals surface area contributed by atoms with E-state index < -0.39 is 0 Å². The third-order valence-electron chi connectivity index (χ3n) is 27.1. The number of ketones is 2. The molecule has 0 amide bonds. The van der Waals surface area contributed by atoms with Crippen molar-refractivity contribution in [1.82, 2.24) is 0 Å². The second-order valence-corrected chi connectivity index (χ2v) is 36.1. The highest BCUT2D eigenvalue weighted by atomic mass is 16.5. The first-order valence-corrected chi connectivity index (χ1v) is 44.3. The lowest BCUT2D eigenvalue weighted by Crippen LogP contribution is -2.16. The molecule has 0 spiro atoms. The van der Waals surface area contributed by atoms with Gasteiger partial charge in [0.1, 0.15) is 5.75 Å². The van der Waals surface area contributed by atoms with Crippen LogP contribution in [0.2, 0.25) is 0 Å². The van der Waals surface area contributed by atoms with Crippen LogP contribution in [0.4, 0.5) is 0 Å². The summed E-state index contributed by atoms with van der Waals surface area (Å²) in [6, 6.07) is 76.1. The Kier molecular flexibility index (Phi) is 33.2. The van der Waals surface area contributed by atoms with E-state index in [1.807, 2.05) is 26.0 Å². The fraction of sp³-hybridized carbons (Fsp3) is 0.328. The molecule has 13 aromatic carbocycles. The van der Waals surface area contributed by atoms with Crippen molar-refractivity contribution in [2.24, 2.45) is 0 Å². The van der Waals surface area contributed by atoms with Crippen molar-refractivity contribution in [2.75, 3.05) is 27.4 Å². The number of methoxy groups -OCH3 is 2. The number of aliphatic hydroxyl groups excluding tert-OH is 1. The van der Waals surface area contributed by atoms with Crippen LogP contribution in [0, 0.1) is 194 Å². The van der Waals surface area contributed by atoms with Gasteiger partial charge in [0.15, 0.2) is 11.6 Å². The van der Waals surface area contributed by atoms with Crippen molar-refractivity contribution < 1.29 is 24.2 Å². The predicted octanol–water partition coefficient (Wildman–Crippen LogP) is 29.9. The normalized spacial score (nSPS) is 11.1. The van der Waals surface area contributed by atoms with Crippen LogP contribution in [0.1, 0.15) is 292 Å². The fourth-order valence-electron chi connectivity index (χ4n) is 17.8. The molecule has 0 bridgehead atoms. The van der Waals surface area contributed by atoms with Gasteiger partial charge in [-0.15, -0.1) is 0 Å². The maximum Gasteiger partial charge on any atom is 0.160 e. The van der Waals surface area contributed by atoms with Crippen LogP contribution in [-0.4, -0.2) is 44.1 Å². The quantitative estimate of drug-likeness (QED) is 0.0645. The molecular weight excluding hydrogens is 1510 g/mol. The smallest absolute Gasteiger partial charge is 0.160 e. The van der Waals surface area contributed by atoms with E-state index in [4.69, 9.17) is 9.47 Å². The zero-order valence-electron chi connectivity index (χ0n) is 81.0. The Hall–Kier alpha value is -11.1. The molecule has 1 N–H and O–H groups in total. The summed E-state index contributed by atoms with van der Waals surface area (Å²) in [7, 11) is 3.44. The first-order chi connectivity index (χ1) is 58.6. The Labute approximate surface area is 746 Å². The van der Waals surface area contributed by atoms with Gasteiger partial charge in [0.2, 0.25) is 0 Å². The van der Waals surface area contributed by atoms with Crippen molar-refractivity contribution in [3.8, 4) is 5.75 Å². The van der Waals surface area contributed by atoms with Gasteiger partial charge in [0.05, 0.1) is 20.3 Å². The predicted molar refractivity (Wildman–Crippen MR) is 528 cm³/mol. The highest BCUT2D eigenvalue weighted by molar-refractivity contribution is 5.97. The minimum Gasteiger partial charge on any atom is -0.496 e. The van der Waals surface area contributed by atoms with Gasteiger partial charge in [-0.1, -0.05) is 216 Å². The second-order valence-electron chi connectivity index (χ2n) is 36.1. The molecule has 0 radical (unpaired) electrons. The van der Waals surface area contributed by atoms with Gasteiger partial charge >= 0.3 is 0 Å². The van der Waals surface area contributed by atoms with Crippen LogP contribution >= 0.6 is 0 Å². The summed E-state index contributed by atoms with van der Waals surface area (Å²) in [4.78, 5) is 24.5. The van der Waals surface area contributed by atoms with Gasteiger partial charge in [-0.2, -0.15) is 0 Å². The van der Waals surface area contributed by atoms with Crippen molar-refractivity contribution in [2.45, 2.75) is 237 Å². The van der Waals surface area contributed by atoms with E-state index in [9.17, 15) is 14.7 Å². The highest BCUT2D eigenvalue weighted by Gasteiger charge is 2.28. The number of aliphatic hydroxyl groups is 1. The Balaban J connectivity index is 0.000000177. The minimum absolute atomic E-state index is 0.0419. The average Bonchev–Trinajstić information content (AvgIpc) is 0.752. The summed E-state index contributed by atoms with van der Waals surface area (Å²) >= 11 is 0. The molecule has 0 saturated carbocycles. The number of Topliss-reactive ketones (excluding diaryl/α,β-unsaturated/α-hetero) is 2. The van der Waals surface area contributed by atoms with Gasteiger partial charge in [-0.05, 0) is 426 Å². The third kappa shape index (κ3) is 22.9. The van der Waals surface area contributed by atoms with Crippen molar-refractivity contribution in [3.63, 3.8) is 0 Å². The summed E-state index contributed by atoms with van der Waals surface area (Å²) < 4.78 is 11.2. The molecule has 13 aromatic rings. The maximum atomic E-state index is 12.2. The molecule has 646 valence electrons. The lowest BCUT2D eigenvalue weighted by Gasteiger charge is -2.26. The van der Waals surface area contributed by atoms with Crippen molar-refractivity contribution >= 4 is 11.6 Å². The van der Waals surface area contributed by atoms with E-state index in [-0.39, 0.29) is 41.8 Å². The highest BCUT2D eigenvalue weighted by Crippen LogP contribution is 2.42. The number of benzene rings is 13. The van der Waals surface area contributed by atoms with Crippen molar-refractivity contribution in [3.05, 3.63) is 445 Å². The van der Waals surface area contributed by atoms with Crippen LogP contribution in [0.3, 0.4) is 0 Å². The van der Waals surface area contributed by atoms with Crippen LogP contribution in [0.25, 0.3) is 0 Å². The molecule has 0 heterocycles. The van der Waals surface area contributed by atoms with Gasteiger partial charge in [0.25, 0.3) is 0 Å². The van der Waals surface area contributed by atoms with Crippen LogP contribution < -0.4 is 4.74 Å². The molecule has 0 atom stereocenters.